The highest BCUT2D eigenvalue weighted by Gasteiger charge is 2.41. The standard InChI is InChI=1S/C26H38N4O2/c1-6-29-15-22(21-11-17(2)7-10-23(21)29)25(32)27-14-18-12-19-8-9-20(13-18)30(19)16-24(31)28-26(3,4)5/h7,10-11,15,18-20H,6,8-9,12-14,16H2,1-5H3,(H,27,32)(H,28,31). The van der Waals surface area contributed by atoms with Crippen LogP contribution in [0.1, 0.15) is 69.3 Å². The van der Waals surface area contributed by atoms with Gasteiger partial charge in [0.2, 0.25) is 5.91 Å². The molecule has 2 aromatic rings. The maximum Gasteiger partial charge on any atom is 0.253 e. The fourth-order valence-corrected chi connectivity index (χ4v) is 5.62. The quantitative estimate of drug-likeness (QED) is 0.720. The van der Waals surface area contributed by atoms with Crippen molar-refractivity contribution in [2.24, 2.45) is 5.92 Å². The Morgan fingerprint density at radius 3 is 2.44 bits per heavy atom. The molecule has 2 amide bonds. The van der Waals surface area contributed by atoms with E-state index in [1.807, 2.05) is 27.0 Å². The SMILES string of the molecule is CCn1cc(C(=O)NCC2CC3CCC(C2)N3CC(=O)NC(C)(C)C)c2cc(C)ccc21. The monoisotopic (exact) mass is 438 g/mol. The van der Waals surface area contributed by atoms with Crippen molar-refractivity contribution in [1.82, 2.24) is 20.1 Å². The molecule has 174 valence electrons. The molecule has 2 fully saturated rings. The van der Waals surface area contributed by atoms with Crippen LogP contribution >= 0.6 is 0 Å². The summed E-state index contributed by atoms with van der Waals surface area (Å²) in [4.78, 5) is 27.9. The molecule has 1 aromatic carbocycles. The lowest BCUT2D eigenvalue weighted by molar-refractivity contribution is -0.125. The Hall–Kier alpha value is -2.34. The van der Waals surface area contributed by atoms with Crippen LogP contribution < -0.4 is 10.6 Å². The summed E-state index contributed by atoms with van der Waals surface area (Å²) in [5.74, 6) is 0.607. The zero-order valence-corrected chi connectivity index (χ0v) is 20.2. The maximum atomic E-state index is 13.1. The van der Waals surface area contributed by atoms with Crippen LogP contribution in [0.2, 0.25) is 0 Å². The first kappa shape index (κ1) is 22.8. The van der Waals surface area contributed by atoms with Gasteiger partial charge in [-0.25, -0.2) is 0 Å². The molecule has 2 unspecified atom stereocenters. The third-order valence-corrected chi connectivity index (χ3v) is 7.00. The number of aryl methyl sites for hydroxylation is 2. The van der Waals surface area contributed by atoms with Crippen LogP contribution in [0.5, 0.6) is 0 Å². The van der Waals surface area contributed by atoms with E-state index in [2.05, 4.69) is 52.1 Å². The first-order valence-corrected chi connectivity index (χ1v) is 12.1. The molecule has 2 bridgehead atoms. The molecule has 0 aliphatic carbocycles. The van der Waals surface area contributed by atoms with Gasteiger partial charge in [0.15, 0.2) is 0 Å². The van der Waals surface area contributed by atoms with Crippen molar-refractivity contribution in [3.05, 3.63) is 35.5 Å². The summed E-state index contributed by atoms with van der Waals surface area (Å²) < 4.78 is 2.14. The lowest BCUT2D eigenvalue weighted by Gasteiger charge is -2.39. The maximum absolute atomic E-state index is 13.1. The molecule has 2 aliphatic heterocycles. The van der Waals surface area contributed by atoms with E-state index in [0.717, 1.165) is 48.7 Å². The molecule has 1 aromatic heterocycles. The third kappa shape index (κ3) is 4.85. The normalized spacial score (nSPS) is 23.5. The average Bonchev–Trinajstić information content (AvgIpc) is 3.17. The lowest BCUT2D eigenvalue weighted by Crippen LogP contribution is -2.52. The van der Waals surface area contributed by atoms with Crippen molar-refractivity contribution in [1.29, 1.82) is 0 Å². The number of nitrogens with one attached hydrogen (secondary N) is 2. The highest BCUT2D eigenvalue weighted by Crippen LogP contribution is 2.38. The molecular formula is C26H38N4O2. The van der Waals surface area contributed by atoms with Gasteiger partial charge >= 0.3 is 0 Å². The Labute approximate surface area is 191 Å². The summed E-state index contributed by atoms with van der Waals surface area (Å²) in [6.45, 7) is 12.3. The zero-order chi connectivity index (χ0) is 23.0. The third-order valence-electron chi connectivity index (χ3n) is 7.00. The Morgan fingerprint density at radius 2 is 1.81 bits per heavy atom. The molecule has 6 nitrogen and oxygen atoms in total. The van der Waals surface area contributed by atoms with Gasteiger partial charge in [-0.15, -0.1) is 0 Å². The van der Waals surface area contributed by atoms with Crippen LogP contribution in [0.15, 0.2) is 24.4 Å². The number of hydrogen-bond acceptors (Lipinski definition) is 3. The summed E-state index contributed by atoms with van der Waals surface area (Å²) in [7, 11) is 0. The number of nitrogens with zero attached hydrogens (tertiary/aromatic N) is 2. The highest BCUT2D eigenvalue weighted by atomic mass is 16.2. The first-order chi connectivity index (χ1) is 15.1. The molecule has 3 heterocycles. The van der Waals surface area contributed by atoms with Gasteiger partial charge in [-0.2, -0.15) is 0 Å². The van der Waals surface area contributed by atoms with E-state index in [4.69, 9.17) is 0 Å². The number of piperidine rings is 1. The summed E-state index contributed by atoms with van der Waals surface area (Å²) in [5.41, 5.74) is 2.85. The van der Waals surface area contributed by atoms with Crippen LogP contribution in [-0.4, -0.2) is 52.0 Å². The average molecular weight is 439 g/mol. The van der Waals surface area contributed by atoms with E-state index < -0.39 is 0 Å². The van der Waals surface area contributed by atoms with Crippen molar-refractivity contribution in [3.8, 4) is 0 Å². The summed E-state index contributed by atoms with van der Waals surface area (Å²) in [6.07, 6.45) is 6.40. The van der Waals surface area contributed by atoms with Gasteiger partial charge in [0.1, 0.15) is 0 Å². The number of hydrogen-bond donors (Lipinski definition) is 2. The van der Waals surface area contributed by atoms with Crippen molar-refractivity contribution < 1.29 is 9.59 Å². The summed E-state index contributed by atoms with van der Waals surface area (Å²) >= 11 is 0. The van der Waals surface area contributed by atoms with E-state index in [1.165, 1.54) is 5.56 Å². The number of benzene rings is 1. The van der Waals surface area contributed by atoms with E-state index >= 15 is 0 Å². The van der Waals surface area contributed by atoms with E-state index in [9.17, 15) is 9.59 Å². The number of rotatable bonds is 6. The second-order valence-electron chi connectivity index (χ2n) is 10.8. The van der Waals surface area contributed by atoms with Crippen LogP contribution in [0.4, 0.5) is 0 Å². The second-order valence-corrected chi connectivity index (χ2v) is 10.8. The molecule has 2 saturated heterocycles. The van der Waals surface area contributed by atoms with Crippen LogP contribution in [-0.2, 0) is 11.3 Å². The predicted molar refractivity (Wildman–Crippen MR) is 129 cm³/mol. The molecule has 6 heteroatoms. The Kier molecular flexibility index (Phi) is 6.35. The fraction of sp³-hybridized carbons (Fsp3) is 0.615. The highest BCUT2D eigenvalue weighted by molar-refractivity contribution is 6.07. The van der Waals surface area contributed by atoms with Gasteiger partial charge in [-0.05, 0) is 78.4 Å². The van der Waals surface area contributed by atoms with Gasteiger partial charge < -0.3 is 15.2 Å². The molecule has 32 heavy (non-hydrogen) atoms. The second kappa shape index (κ2) is 8.89. The molecule has 4 rings (SSSR count). The zero-order valence-electron chi connectivity index (χ0n) is 20.2. The van der Waals surface area contributed by atoms with Gasteiger partial charge in [-0.1, -0.05) is 11.6 Å². The Morgan fingerprint density at radius 1 is 1.12 bits per heavy atom. The predicted octanol–water partition coefficient (Wildman–Crippen LogP) is 3.86. The van der Waals surface area contributed by atoms with Gasteiger partial charge in [0.25, 0.3) is 5.91 Å². The lowest BCUT2D eigenvalue weighted by atomic mass is 9.90. The van der Waals surface area contributed by atoms with E-state index in [0.29, 0.717) is 31.1 Å². The molecular weight excluding hydrogens is 400 g/mol. The molecule has 2 atom stereocenters. The number of amides is 2. The van der Waals surface area contributed by atoms with Crippen LogP contribution in [0, 0.1) is 12.8 Å². The number of carbonyl (C=O) groups excluding carboxylic acids is 2. The molecule has 0 saturated carbocycles. The van der Waals surface area contributed by atoms with E-state index in [-0.39, 0.29) is 17.4 Å². The van der Waals surface area contributed by atoms with E-state index in [1.54, 1.807) is 0 Å². The van der Waals surface area contributed by atoms with Crippen molar-refractivity contribution >= 4 is 22.7 Å². The van der Waals surface area contributed by atoms with Crippen LogP contribution in [0.3, 0.4) is 0 Å². The Bertz CT molecular complexity index is 989. The molecule has 2 aliphatic rings. The van der Waals surface area contributed by atoms with Crippen LogP contribution in [0.25, 0.3) is 10.9 Å². The fourth-order valence-electron chi connectivity index (χ4n) is 5.62. The van der Waals surface area contributed by atoms with Gasteiger partial charge in [0.05, 0.1) is 12.1 Å². The molecule has 0 spiro atoms. The van der Waals surface area contributed by atoms with Gasteiger partial charge in [-0.3, -0.25) is 14.5 Å². The molecule has 2 N–H and O–H groups in total. The van der Waals surface area contributed by atoms with Crippen molar-refractivity contribution in [2.75, 3.05) is 13.1 Å². The smallest absolute Gasteiger partial charge is 0.253 e. The first-order valence-electron chi connectivity index (χ1n) is 12.1. The molecule has 0 radical (unpaired) electrons. The Balaban J connectivity index is 1.36. The summed E-state index contributed by atoms with van der Waals surface area (Å²) in [6, 6.07) is 7.21. The van der Waals surface area contributed by atoms with Crippen molar-refractivity contribution in [3.63, 3.8) is 0 Å². The minimum Gasteiger partial charge on any atom is -0.352 e. The van der Waals surface area contributed by atoms with Gasteiger partial charge in [0, 0.05) is 47.8 Å². The minimum atomic E-state index is -0.196. The number of carbonyl (C=O) groups is 2. The summed E-state index contributed by atoms with van der Waals surface area (Å²) in [5, 5.41) is 7.35. The number of aromatic nitrogens is 1. The largest absolute Gasteiger partial charge is 0.352 e. The minimum absolute atomic E-state index is 0.0205. The van der Waals surface area contributed by atoms with Crippen molar-refractivity contribution in [2.45, 2.75) is 84.5 Å². The number of fused-ring (bicyclic) bond motifs is 3. The topological polar surface area (TPSA) is 66.4 Å².